The average Bonchev–Trinajstić information content (AvgIpc) is 3.17. The summed E-state index contributed by atoms with van der Waals surface area (Å²) < 4.78 is 0. The van der Waals surface area contributed by atoms with Crippen LogP contribution in [0.2, 0.25) is 0 Å². The first-order chi connectivity index (χ1) is 10.6. The van der Waals surface area contributed by atoms with Crippen LogP contribution in [0.15, 0.2) is 0 Å². The van der Waals surface area contributed by atoms with Crippen molar-refractivity contribution in [2.24, 2.45) is 0 Å². The van der Waals surface area contributed by atoms with E-state index in [1.807, 2.05) is 4.90 Å². The molecule has 22 heavy (non-hydrogen) atoms. The maximum Gasteiger partial charge on any atom is 0.324 e. The Balaban J connectivity index is 1.60. The summed E-state index contributed by atoms with van der Waals surface area (Å²) in [6, 6.07) is 0.377. The number of imide groups is 1. The van der Waals surface area contributed by atoms with Gasteiger partial charge in [0, 0.05) is 38.6 Å². The second kappa shape index (κ2) is 6.24. The van der Waals surface area contributed by atoms with Gasteiger partial charge in [0.25, 0.3) is 0 Å². The van der Waals surface area contributed by atoms with Crippen molar-refractivity contribution in [3.8, 4) is 0 Å². The minimum atomic E-state index is -0.285. The zero-order chi connectivity index (χ0) is 15.7. The van der Waals surface area contributed by atoms with Gasteiger partial charge in [-0.15, -0.1) is 0 Å². The Morgan fingerprint density at radius 2 is 1.86 bits per heavy atom. The third-order valence-electron chi connectivity index (χ3n) is 5.11. The van der Waals surface area contributed by atoms with Gasteiger partial charge in [-0.25, -0.2) is 4.79 Å². The van der Waals surface area contributed by atoms with Crippen LogP contribution in [0.3, 0.4) is 0 Å². The lowest BCUT2D eigenvalue weighted by Gasteiger charge is -2.35. The second-order valence-electron chi connectivity index (χ2n) is 6.37. The molecule has 2 atom stereocenters. The smallest absolute Gasteiger partial charge is 0.324 e. The van der Waals surface area contributed by atoms with Crippen molar-refractivity contribution in [3.63, 3.8) is 0 Å². The molecule has 0 aliphatic carbocycles. The summed E-state index contributed by atoms with van der Waals surface area (Å²) >= 11 is 0. The van der Waals surface area contributed by atoms with Gasteiger partial charge in [0.15, 0.2) is 0 Å². The van der Waals surface area contributed by atoms with Crippen LogP contribution in [0.4, 0.5) is 4.79 Å². The highest BCUT2D eigenvalue weighted by Gasteiger charge is 2.39. The van der Waals surface area contributed by atoms with Crippen molar-refractivity contribution in [1.29, 1.82) is 0 Å². The highest BCUT2D eigenvalue weighted by Crippen LogP contribution is 2.29. The molecule has 0 aromatic carbocycles. The van der Waals surface area contributed by atoms with Crippen molar-refractivity contribution >= 4 is 17.8 Å². The highest BCUT2D eigenvalue weighted by molar-refractivity contribution is 6.01. The van der Waals surface area contributed by atoms with Crippen molar-refractivity contribution < 1.29 is 14.4 Å². The SMILES string of the molecule is CC(=O)N1CCCC1C1CCCN1CCN1C(=O)CNC1=O. The lowest BCUT2D eigenvalue weighted by atomic mass is 10.0. The van der Waals surface area contributed by atoms with E-state index in [9.17, 15) is 14.4 Å². The average molecular weight is 308 g/mol. The van der Waals surface area contributed by atoms with Crippen molar-refractivity contribution in [2.45, 2.75) is 44.7 Å². The second-order valence-corrected chi connectivity index (χ2v) is 6.37. The third-order valence-corrected chi connectivity index (χ3v) is 5.11. The molecule has 1 N–H and O–H groups in total. The number of likely N-dealkylation sites (tertiary alicyclic amines) is 2. The van der Waals surface area contributed by atoms with E-state index in [0.29, 0.717) is 25.2 Å². The van der Waals surface area contributed by atoms with Crippen LogP contribution in [0, 0.1) is 0 Å². The van der Waals surface area contributed by atoms with Gasteiger partial charge in [-0.3, -0.25) is 19.4 Å². The van der Waals surface area contributed by atoms with Gasteiger partial charge in [0.05, 0.1) is 6.54 Å². The molecule has 7 heteroatoms. The van der Waals surface area contributed by atoms with Crippen LogP contribution in [0.5, 0.6) is 0 Å². The molecule has 4 amide bonds. The van der Waals surface area contributed by atoms with E-state index in [1.165, 1.54) is 4.90 Å². The fourth-order valence-corrected chi connectivity index (χ4v) is 4.06. The summed E-state index contributed by atoms with van der Waals surface area (Å²) in [7, 11) is 0. The molecule has 3 rings (SSSR count). The molecule has 0 bridgehead atoms. The van der Waals surface area contributed by atoms with Crippen molar-refractivity contribution in [2.75, 3.05) is 32.7 Å². The van der Waals surface area contributed by atoms with Gasteiger partial charge in [0.1, 0.15) is 0 Å². The predicted octanol–water partition coefficient (Wildman–Crippen LogP) is 0.0135. The minimum Gasteiger partial charge on any atom is -0.338 e. The van der Waals surface area contributed by atoms with Crippen LogP contribution in [0.1, 0.15) is 32.6 Å². The Bertz CT molecular complexity index is 465. The van der Waals surface area contributed by atoms with E-state index in [0.717, 1.165) is 38.8 Å². The van der Waals surface area contributed by atoms with Gasteiger partial charge in [-0.2, -0.15) is 0 Å². The van der Waals surface area contributed by atoms with E-state index in [2.05, 4.69) is 10.2 Å². The number of nitrogens with one attached hydrogen (secondary N) is 1. The molecule has 3 heterocycles. The predicted molar refractivity (Wildman–Crippen MR) is 80.1 cm³/mol. The number of hydrogen-bond acceptors (Lipinski definition) is 4. The van der Waals surface area contributed by atoms with Crippen LogP contribution in [-0.4, -0.2) is 77.4 Å². The Hall–Kier alpha value is -1.63. The number of rotatable bonds is 4. The molecule has 2 unspecified atom stereocenters. The third kappa shape index (κ3) is 2.82. The zero-order valence-electron chi connectivity index (χ0n) is 13.1. The molecule has 122 valence electrons. The van der Waals surface area contributed by atoms with E-state index in [1.54, 1.807) is 6.92 Å². The molecule has 0 radical (unpaired) electrons. The van der Waals surface area contributed by atoms with Gasteiger partial charge < -0.3 is 10.2 Å². The minimum absolute atomic E-state index is 0.114. The first-order valence-corrected chi connectivity index (χ1v) is 8.17. The summed E-state index contributed by atoms with van der Waals surface area (Å²) in [5, 5.41) is 2.55. The van der Waals surface area contributed by atoms with Crippen molar-refractivity contribution in [1.82, 2.24) is 20.0 Å². The Morgan fingerprint density at radius 3 is 2.55 bits per heavy atom. The van der Waals surface area contributed by atoms with Gasteiger partial charge in [-0.1, -0.05) is 0 Å². The summed E-state index contributed by atoms with van der Waals surface area (Å²) in [4.78, 5) is 40.7. The summed E-state index contributed by atoms with van der Waals surface area (Å²) in [5.41, 5.74) is 0. The lowest BCUT2D eigenvalue weighted by molar-refractivity contribution is -0.130. The number of nitrogens with zero attached hydrogens (tertiary/aromatic N) is 3. The summed E-state index contributed by atoms with van der Waals surface area (Å²) in [5.74, 6) is 0.00965. The zero-order valence-corrected chi connectivity index (χ0v) is 13.1. The maximum atomic E-state index is 11.8. The lowest BCUT2D eigenvalue weighted by Crippen LogP contribution is -2.49. The van der Waals surface area contributed by atoms with Crippen LogP contribution < -0.4 is 5.32 Å². The molecule has 3 aliphatic rings. The summed E-state index contributed by atoms with van der Waals surface area (Å²) in [6.45, 7) is 4.74. The van der Waals surface area contributed by atoms with Crippen LogP contribution in [-0.2, 0) is 9.59 Å². The largest absolute Gasteiger partial charge is 0.338 e. The van der Waals surface area contributed by atoms with E-state index in [-0.39, 0.29) is 24.4 Å². The fraction of sp³-hybridized carbons (Fsp3) is 0.800. The molecule has 0 aromatic rings. The first kappa shape index (κ1) is 15.3. The van der Waals surface area contributed by atoms with E-state index >= 15 is 0 Å². The normalized spacial score (nSPS) is 29.5. The van der Waals surface area contributed by atoms with Gasteiger partial charge >= 0.3 is 6.03 Å². The highest BCUT2D eigenvalue weighted by atomic mass is 16.2. The Labute approximate surface area is 130 Å². The van der Waals surface area contributed by atoms with Crippen molar-refractivity contribution in [3.05, 3.63) is 0 Å². The van der Waals surface area contributed by atoms with E-state index < -0.39 is 0 Å². The Morgan fingerprint density at radius 1 is 1.14 bits per heavy atom. The molecule has 3 aliphatic heterocycles. The number of urea groups is 1. The number of carbonyl (C=O) groups excluding carboxylic acids is 3. The molecular weight excluding hydrogens is 284 g/mol. The quantitative estimate of drug-likeness (QED) is 0.743. The first-order valence-electron chi connectivity index (χ1n) is 8.17. The van der Waals surface area contributed by atoms with Crippen LogP contribution in [0.25, 0.3) is 0 Å². The summed E-state index contributed by atoms with van der Waals surface area (Å²) in [6.07, 6.45) is 4.34. The standard InChI is InChI=1S/C15H24N4O3/c1-11(20)18-7-3-5-13(18)12-4-2-6-17(12)8-9-19-14(21)10-16-15(19)22/h12-13H,2-10H2,1H3,(H,16,22). The number of hydrogen-bond donors (Lipinski definition) is 1. The monoisotopic (exact) mass is 308 g/mol. The fourth-order valence-electron chi connectivity index (χ4n) is 4.06. The maximum absolute atomic E-state index is 11.8. The molecule has 7 nitrogen and oxygen atoms in total. The van der Waals surface area contributed by atoms with Gasteiger partial charge in [0.2, 0.25) is 11.8 Å². The molecule has 3 fully saturated rings. The van der Waals surface area contributed by atoms with Gasteiger partial charge in [-0.05, 0) is 32.2 Å². The molecule has 0 saturated carbocycles. The Kier molecular flexibility index (Phi) is 4.33. The molecule has 0 aromatic heterocycles. The number of carbonyl (C=O) groups is 3. The van der Waals surface area contributed by atoms with Crippen LogP contribution >= 0.6 is 0 Å². The number of amides is 4. The van der Waals surface area contributed by atoms with E-state index in [4.69, 9.17) is 0 Å². The molecular formula is C15H24N4O3. The topological polar surface area (TPSA) is 73.0 Å². The molecule has 0 spiro atoms. The molecule has 3 saturated heterocycles.